The summed E-state index contributed by atoms with van der Waals surface area (Å²) in [6.45, 7) is 0. The molecule has 0 radical (unpaired) electrons. The zero-order valence-corrected chi connectivity index (χ0v) is 15.4. The van der Waals surface area contributed by atoms with Gasteiger partial charge in [-0.2, -0.15) is 0 Å². The zero-order valence-electron chi connectivity index (χ0n) is 13.8. The minimum Gasteiger partial charge on any atom is -0.335 e. The number of para-hydroxylation sites is 1. The number of benzene rings is 2. The maximum atomic E-state index is 14.0. The lowest BCUT2D eigenvalue weighted by molar-refractivity contribution is -0.121. The number of nitrogens with zero attached hydrogens (tertiary/aromatic N) is 2. The molecule has 1 N–H and O–H groups in total. The van der Waals surface area contributed by atoms with Gasteiger partial charge in [-0.3, -0.25) is 14.6 Å². The van der Waals surface area contributed by atoms with E-state index >= 15 is 0 Å². The van der Waals surface area contributed by atoms with Crippen molar-refractivity contribution in [1.82, 2.24) is 0 Å². The molecule has 0 aromatic heterocycles. The first-order valence-corrected chi connectivity index (χ1v) is 9.02. The quantitative estimate of drug-likeness (QED) is 0.489. The molecule has 1 aliphatic heterocycles. The molecule has 0 spiro atoms. The van der Waals surface area contributed by atoms with Crippen LogP contribution in [0.3, 0.4) is 0 Å². The van der Waals surface area contributed by atoms with E-state index in [4.69, 9.17) is 11.6 Å². The molecule has 1 saturated heterocycles. The summed E-state index contributed by atoms with van der Waals surface area (Å²) in [7, 11) is 1.58. The zero-order chi connectivity index (χ0) is 18.7. The van der Waals surface area contributed by atoms with Gasteiger partial charge in [-0.25, -0.2) is 9.29 Å². The summed E-state index contributed by atoms with van der Waals surface area (Å²) in [5.41, 5.74) is 0.691. The van der Waals surface area contributed by atoms with E-state index in [0.717, 1.165) is 16.7 Å². The maximum absolute atomic E-state index is 14.0. The number of carbonyl (C=O) groups is 2. The third kappa shape index (κ3) is 3.89. The fraction of sp³-hybridized carbons (Fsp3) is 0.167. The molecule has 1 heterocycles. The van der Waals surface area contributed by atoms with Crippen LogP contribution in [0.25, 0.3) is 0 Å². The second kappa shape index (κ2) is 7.88. The molecule has 0 aliphatic carbocycles. The summed E-state index contributed by atoms with van der Waals surface area (Å²) in [6.07, 6.45) is -0.0198. The van der Waals surface area contributed by atoms with Gasteiger partial charge in [0, 0.05) is 24.2 Å². The van der Waals surface area contributed by atoms with Gasteiger partial charge in [0.05, 0.1) is 5.69 Å². The fourth-order valence-electron chi connectivity index (χ4n) is 2.54. The standard InChI is InChI=1S/C18H15ClFN3O2S/c1-21-18(22-12-6-4-5-11(19)9-12)26-15-10-16(24)23(17(15)25)14-8-3-2-7-13(14)20/h2-9,15H,10H2,1H3,(H,21,22). The van der Waals surface area contributed by atoms with Gasteiger partial charge in [0.25, 0.3) is 0 Å². The normalized spacial score (nSPS) is 17.7. The molecule has 1 unspecified atom stereocenters. The van der Waals surface area contributed by atoms with Crippen LogP contribution in [0.15, 0.2) is 53.5 Å². The molecule has 134 valence electrons. The predicted octanol–water partition coefficient (Wildman–Crippen LogP) is 3.94. The molecule has 8 heteroatoms. The Labute approximate surface area is 159 Å². The number of hydrogen-bond acceptors (Lipinski definition) is 4. The second-order valence-corrected chi connectivity index (χ2v) is 7.12. The number of rotatable bonds is 3. The van der Waals surface area contributed by atoms with E-state index in [1.165, 1.54) is 18.2 Å². The van der Waals surface area contributed by atoms with Crippen molar-refractivity contribution < 1.29 is 14.0 Å². The van der Waals surface area contributed by atoms with Gasteiger partial charge in [-0.15, -0.1) is 0 Å². The van der Waals surface area contributed by atoms with E-state index in [-0.39, 0.29) is 12.1 Å². The molecule has 3 rings (SSSR count). The Balaban J connectivity index is 1.75. The number of amidine groups is 1. The van der Waals surface area contributed by atoms with Gasteiger partial charge < -0.3 is 5.32 Å². The van der Waals surface area contributed by atoms with Crippen molar-refractivity contribution in [1.29, 1.82) is 0 Å². The van der Waals surface area contributed by atoms with E-state index in [1.807, 2.05) is 6.07 Å². The lowest BCUT2D eigenvalue weighted by Crippen LogP contribution is -2.32. The van der Waals surface area contributed by atoms with Crippen LogP contribution in [0.1, 0.15) is 6.42 Å². The summed E-state index contributed by atoms with van der Waals surface area (Å²) in [4.78, 5) is 29.9. The van der Waals surface area contributed by atoms with E-state index < -0.39 is 22.9 Å². The van der Waals surface area contributed by atoms with Gasteiger partial charge in [0.15, 0.2) is 5.17 Å². The summed E-state index contributed by atoms with van der Waals surface area (Å²) in [5, 5.41) is 3.43. The van der Waals surface area contributed by atoms with E-state index in [2.05, 4.69) is 10.3 Å². The largest absolute Gasteiger partial charge is 0.335 e. The van der Waals surface area contributed by atoms with Gasteiger partial charge in [0.2, 0.25) is 11.8 Å². The van der Waals surface area contributed by atoms with Gasteiger partial charge >= 0.3 is 0 Å². The third-order valence-electron chi connectivity index (χ3n) is 3.73. The molecule has 2 aromatic carbocycles. The molecule has 2 aromatic rings. The van der Waals surface area contributed by atoms with Gasteiger partial charge in [-0.1, -0.05) is 41.6 Å². The molecule has 5 nitrogen and oxygen atoms in total. The average Bonchev–Trinajstić information content (AvgIpc) is 2.88. The van der Waals surface area contributed by atoms with Crippen molar-refractivity contribution in [3.05, 3.63) is 59.4 Å². The number of amides is 2. The van der Waals surface area contributed by atoms with Crippen LogP contribution < -0.4 is 10.2 Å². The van der Waals surface area contributed by atoms with E-state index in [9.17, 15) is 14.0 Å². The molecular formula is C18H15ClFN3O2S. The van der Waals surface area contributed by atoms with Crippen LogP contribution in [-0.2, 0) is 9.59 Å². The first-order valence-electron chi connectivity index (χ1n) is 7.77. The highest BCUT2D eigenvalue weighted by molar-refractivity contribution is 8.15. The van der Waals surface area contributed by atoms with Crippen molar-refractivity contribution in [3.63, 3.8) is 0 Å². The molecule has 0 bridgehead atoms. The highest BCUT2D eigenvalue weighted by atomic mass is 35.5. The average molecular weight is 392 g/mol. The topological polar surface area (TPSA) is 61.8 Å². The number of anilines is 2. The summed E-state index contributed by atoms with van der Waals surface area (Å²) in [5.74, 6) is -1.50. The van der Waals surface area contributed by atoms with Crippen LogP contribution in [0.5, 0.6) is 0 Å². The fourth-order valence-corrected chi connectivity index (χ4v) is 3.72. The Bertz CT molecular complexity index is 890. The highest BCUT2D eigenvalue weighted by Gasteiger charge is 2.41. The highest BCUT2D eigenvalue weighted by Crippen LogP contribution is 2.32. The number of thioether (sulfide) groups is 1. The monoisotopic (exact) mass is 391 g/mol. The van der Waals surface area contributed by atoms with E-state index in [0.29, 0.717) is 15.9 Å². The summed E-state index contributed by atoms with van der Waals surface area (Å²) in [6, 6.07) is 12.8. The first-order chi connectivity index (χ1) is 12.5. The van der Waals surface area contributed by atoms with E-state index in [1.54, 1.807) is 31.3 Å². The molecule has 2 amide bonds. The molecule has 1 fully saturated rings. The molecule has 1 aliphatic rings. The smallest absolute Gasteiger partial charge is 0.247 e. The van der Waals surface area contributed by atoms with Gasteiger partial charge in [-0.05, 0) is 30.3 Å². The van der Waals surface area contributed by atoms with Crippen molar-refractivity contribution in [2.45, 2.75) is 11.7 Å². The molecular weight excluding hydrogens is 377 g/mol. The molecule has 26 heavy (non-hydrogen) atoms. The van der Waals surface area contributed by atoms with Gasteiger partial charge in [0.1, 0.15) is 11.1 Å². The minimum absolute atomic E-state index is 0.0198. The van der Waals surface area contributed by atoms with Crippen molar-refractivity contribution in [3.8, 4) is 0 Å². The lowest BCUT2D eigenvalue weighted by atomic mass is 10.3. The maximum Gasteiger partial charge on any atom is 0.247 e. The van der Waals surface area contributed by atoms with Crippen LogP contribution in [0, 0.1) is 5.82 Å². The number of halogens is 2. The van der Waals surface area contributed by atoms with Crippen LogP contribution in [0.2, 0.25) is 5.02 Å². The Morgan fingerprint density at radius 2 is 2.04 bits per heavy atom. The van der Waals surface area contributed by atoms with Crippen LogP contribution in [-0.4, -0.2) is 29.3 Å². The Kier molecular flexibility index (Phi) is 5.58. The number of carbonyl (C=O) groups excluding carboxylic acids is 2. The lowest BCUT2D eigenvalue weighted by Gasteiger charge is -2.16. The third-order valence-corrected chi connectivity index (χ3v) is 5.13. The Hall–Kier alpha value is -2.38. The SMILES string of the molecule is CN=C(Nc1cccc(Cl)c1)SC1CC(=O)N(c2ccccc2F)C1=O. The number of nitrogens with one attached hydrogen (secondary N) is 1. The van der Waals surface area contributed by atoms with Crippen molar-refractivity contribution in [2.24, 2.45) is 4.99 Å². The predicted molar refractivity (Wildman–Crippen MR) is 103 cm³/mol. The van der Waals surface area contributed by atoms with Crippen LogP contribution in [0.4, 0.5) is 15.8 Å². The number of hydrogen-bond donors (Lipinski definition) is 1. The van der Waals surface area contributed by atoms with Crippen molar-refractivity contribution >= 4 is 51.7 Å². The molecule has 1 atom stereocenters. The number of imide groups is 1. The second-order valence-electron chi connectivity index (χ2n) is 5.49. The Morgan fingerprint density at radius 3 is 2.73 bits per heavy atom. The number of aliphatic imine (C=N–C) groups is 1. The van der Waals surface area contributed by atoms with Crippen LogP contribution >= 0.6 is 23.4 Å². The summed E-state index contributed by atoms with van der Waals surface area (Å²) < 4.78 is 14.0. The first kappa shape index (κ1) is 18.4. The Morgan fingerprint density at radius 1 is 1.27 bits per heavy atom. The van der Waals surface area contributed by atoms with Crippen molar-refractivity contribution in [2.75, 3.05) is 17.3 Å². The minimum atomic E-state index is -0.674. The molecule has 0 saturated carbocycles. The summed E-state index contributed by atoms with van der Waals surface area (Å²) >= 11 is 7.09.